The highest BCUT2D eigenvalue weighted by molar-refractivity contribution is 9.10. The van der Waals surface area contributed by atoms with Gasteiger partial charge < -0.3 is 10.4 Å². The lowest BCUT2D eigenvalue weighted by Gasteiger charge is -2.25. The lowest BCUT2D eigenvalue weighted by molar-refractivity contribution is -0.143. The Morgan fingerprint density at radius 3 is 2.43 bits per heavy atom. The highest BCUT2D eigenvalue weighted by Gasteiger charge is 2.29. The number of hydrogen-bond acceptors (Lipinski definition) is 2. The number of halogens is 1. The summed E-state index contributed by atoms with van der Waals surface area (Å²) in [6.45, 7) is 2.05. The smallest absolute Gasteiger partial charge is 0.306 e. The molecule has 1 aliphatic carbocycles. The van der Waals surface area contributed by atoms with Gasteiger partial charge in [0.15, 0.2) is 0 Å². The van der Waals surface area contributed by atoms with Crippen LogP contribution in [0.2, 0.25) is 0 Å². The lowest BCUT2D eigenvalue weighted by atomic mass is 9.81. The molecule has 1 saturated carbocycles. The number of aliphatic carboxylic acids is 1. The molecular formula is C16H20BrNO3. The Balaban J connectivity index is 1.98. The van der Waals surface area contributed by atoms with Gasteiger partial charge in [0.25, 0.3) is 0 Å². The molecular weight excluding hydrogens is 334 g/mol. The van der Waals surface area contributed by atoms with E-state index >= 15 is 0 Å². The minimum Gasteiger partial charge on any atom is -0.481 e. The fourth-order valence-electron chi connectivity index (χ4n) is 2.81. The summed E-state index contributed by atoms with van der Waals surface area (Å²) in [7, 11) is 0. The maximum atomic E-state index is 12.3. The molecule has 1 aromatic carbocycles. The van der Waals surface area contributed by atoms with Crippen molar-refractivity contribution in [3.63, 3.8) is 0 Å². The highest BCUT2D eigenvalue weighted by Crippen LogP contribution is 2.30. The summed E-state index contributed by atoms with van der Waals surface area (Å²) >= 11 is 3.43. The summed E-state index contributed by atoms with van der Waals surface area (Å²) in [4.78, 5) is 23.3. The van der Waals surface area contributed by atoms with Crippen molar-refractivity contribution >= 4 is 33.5 Å². The second-order valence-electron chi connectivity index (χ2n) is 5.53. The van der Waals surface area contributed by atoms with Gasteiger partial charge >= 0.3 is 5.97 Å². The Morgan fingerprint density at radius 2 is 1.86 bits per heavy atom. The molecule has 1 amide bonds. The van der Waals surface area contributed by atoms with E-state index in [9.17, 15) is 9.59 Å². The predicted molar refractivity (Wildman–Crippen MR) is 85.2 cm³/mol. The molecule has 21 heavy (non-hydrogen) atoms. The number of carboxylic acids is 1. The predicted octanol–water partition coefficient (Wildman–Crippen LogP) is 3.84. The van der Waals surface area contributed by atoms with E-state index in [1.54, 1.807) is 0 Å². The summed E-state index contributed by atoms with van der Waals surface area (Å²) in [5.74, 6) is -1.09. The van der Waals surface area contributed by atoms with Gasteiger partial charge in [-0.15, -0.1) is 0 Å². The Morgan fingerprint density at radius 1 is 1.24 bits per heavy atom. The first-order valence-corrected chi connectivity index (χ1v) is 8.12. The number of benzene rings is 1. The second kappa shape index (κ2) is 7.07. The van der Waals surface area contributed by atoms with Gasteiger partial charge in [0.2, 0.25) is 5.91 Å². The molecule has 114 valence electrons. The molecule has 0 bridgehead atoms. The zero-order valence-electron chi connectivity index (χ0n) is 12.1. The first-order valence-electron chi connectivity index (χ1n) is 7.33. The molecule has 0 aromatic heterocycles. The van der Waals surface area contributed by atoms with Crippen LogP contribution in [-0.4, -0.2) is 17.0 Å². The van der Waals surface area contributed by atoms with E-state index in [1.807, 2.05) is 18.2 Å². The van der Waals surface area contributed by atoms with Gasteiger partial charge in [-0.25, -0.2) is 0 Å². The van der Waals surface area contributed by atoms with Crippen molar-refractivity contribution in [3.05, 3.63) is 28.2 Å². The molecule has 2 rings (SSSR count). The number of anilines is 1. The normalized spacial score (nSPS) is 21.8. The zero-order chi connectivity index (χ0) is 15.4. The van der Waals surface area contributed by atoms with Crippen molar-refractivity contribution in [1.82, 2.24) is 0 Å². The van der Waals surface area contributed by atoms with Gasteiger partial charge in [-0.2, -0.15) is 0 Å². The molecule has 5 heteroatoms. The standard InChI is InChI=1S/C16H20BrNO3/c1-2-10-9-13(17)7-8-14(10)18-15(19)11-3-5-12(6-4-11)16(20)21/h7-9,11-12H,2-6H2,1H3,(H,18,19)(H,20,21). The largest absolute Gasteiger partial charge is 0.481 e. The van der Waals surface area contributed by atoms with Crippen LogP contribution >= 0.6 is 15.9 Å². The quantitative estimate of drug-likeness (QED) is 0.863. The summed E-state index contributed by atoms with van der Waals surface area (Å²) in [6, 6.07) is 5.83. The number of carboxylic acid groups (broad SMARTS) is 1. The minimum absolute atomic E-state index is 0.0101. The van der Waals surface area contributed by atoms with E-state index < -0.39 is 5.97 Å². The Hall–Kier alpha value is -1.36. The van der Waals surface area contributed by atoms with Gasteiger partial charge in [0, 0.05) is 16.1 Å². The van der Waals surface area contributed by atoms with E-state index in [0.29, 0.717) is 25.7 Å². The van der Waals surface area contributed by atoms with Gasteiger partial charge in [-0.1, -0.05) is 22.9 Å². The van der Waals surface area contributed by atoms with Crippen LogP contribution in [0, 0.1) is 11.8 Å². The maximum absolute atomic E-state index is 12.3. The second-order valence-corrected chi connectivity index (χ2v) is 6.45. The third kappa shape index (κ3) is 4.06. The number of rotatable bonds is 4. The van der Waals surface area contributed by atoms with Crippen LogP contribution in [0.1, 0.15) is 38.2 Å². The Labute approximate surface area is 133 Å². The average Bonchev–Trinajstić information content (AvgIpc) is 2.49. The van der Waals surface area contributed by atoms with Crippen molar-refractivity contribution in [3.8, 4) is 0 Å². The Bertz CT molecular complexity index is 536. The van der Waals surface area contributed by atoms with E-state index in [-0.39, 0.29) is 17.7 Å². The third-order valence-corrected chi connectivity index (χ3v) is 4.65. The molecule has 1 fully saturated rings. The summed E-state index contributed by atoms with van der Waals surface area (Å²) in [5, 5.41) is 12.0. The zero-order valence-corrected chi connectivity index (χ0v) is 13.6. The summed E-state index contributed by atoms with van der Waals surface area (Å²) in [5.41, 5.74) is 1.95. The van der Waals surface area contributed by atoms with Gasteiger partial charge in [-0.05, 0) is 55.9 Å². The fourth-order valence-corrected chi connectivity index (χ4v) is 3.22. The van der Waals surface area contributed by atoms with Crippen molar-refractivity contribution in [1.29, 1.82) is 0 Å². The number of carbonyl (C=O) groups is 2. The molecule has 0 radical (unpaired) electrons. The molecule has 0 atom stereocenters. The first kappa shape index (κ1) is 16.0. The van der Waals surface area contributed by atoms with Crippen LogP contribution in [0.4, 0.5) is 5.69 Å². The van der Waals surface area contributed by atoms with Crippen molar-refractivity contribution in [2.24, 2.45) is 11.8 Å². The summed E-state index contributed by atoms with van der Waals surface area (Å²) in [6.07, 6.45) is 3.34. The van der Waals surface area contributed by atoms with Crippen LogP contribution in [0.3, 0.4) is 0 Å². The molecule has 0 saturated heterocycles. The third-order valence-electron chi connectivity index (χ3n) is 4.15. The van der Waals surface area contributed by atoms with Crippen LogP contribution < -0.4 is 5.32 Å². The highest BCUT2D eigenvalue weighted by atomic mass is 79.9. The maximum Gasteiger partial charge on any atom is 0.306 e. The number of hydrogen-bond donors (Lipinski definition) is 2. The van der Waals surface area contributed by atoms with Crippen LogP contribution in [0.15, 0.2) is 22.7 Å². The SMILES string of the molecule is CCc1cc(Br)ccc1NC(=O)C1CCC(C(=O)O)CC1. The first-order chi connectivity index (χ1) is 10.0. The molecule has 4 nitrogen and oxygen atoms in total. The van der Waals surface area contributed by atoms with E-state index in [2.05, 4.69) is 28.2 Å². The fraction of sp³-hybridized carbons (Fsp3) is 0.500. The van der Waals surface area contributed by atoms with Gasteiger partial charge in [0.1, 0.15) is 0 Å². The van der Waals surface area contributed by atoms with Crippen LogP contribution in [-0.2, 0) is 16.0 Å². The molecule has 0 unspecified atom stereocenters. The van der Waals surface area contributed by atoms with Crippen molar-refractivity contribution < 1.29 is 14.7 Å². The number of amides is 1. The molecule has 1 aliphatic rings. The molecule has 2 N–H and O–H groups in total. The summed E-state index contributed by atoms with van der Waals surface area (Å²) < 4.78 is 0.999. The van der Waals surface area contributed by atoms with Gasteiger partial charge in [0.05, 0.1) is 5.92 Å². The van der Waals surface area contributed by atoms with Gasteiger partial charge in [-0.3, -0.25) is 9.59 Å². The lowest BCUT2D eigenvalue weighted by Crippen LogP contribution is -2.29. The minimum atomic E-state index is -0.741. The number of aryl methyl sites for hydroxylation is 1. The Kier molecular flexibility index (Phi) is 5.39. The average molecular weight is 354 g/mol. The van der Waals surface area contributed by atoms with Crippen molar-refractivity contribution in [2.45, 2.75) is 39.0 Å². The van der Waals surface area contributed by atoms with E-state index in [0.717, 1.165) is 22.1 Å². The van der Waals surface area contributed by atoms with Crippen LogP contribution in [0.5, 0.6) is 0 Å². The van der Waals surface area contributed by atoms with E-state index in [1.165, 1.54) is 0 Å². The molecule has 0 aliphatic heterocycles. The molecule has 0 spiro atoms. The van der Waals surface area contributed by atoms with Crippen molar-refractivity contribution in [2.75, 3.05) is 5.32 Å². The number of nitrogens with one attached hydrogen (secondary N) is 1. The molecule has 1 aromatic rings. The monoisotopic (exact) mass is 353 g/mol. The molecule has 0 heterocycles. The van der Waals surface area contributed by atoms with Crippen LogP contribution in [0.25, 0.3) is 0 Å². The number of carbonyl (C=O) groups excluding carboxylic acids is 1. The van der Waals surface area contributed by atoms with E-state index in [4.69, 9.17) is 5.11 Å². The topological polar surface area (TPSA) is 66.4 Å².